The topological polar surface area (TPSA) is 52.8 Å². The summed E-state index contributed by atoms with van der Waals surface area (Å²) >= 11 is 3.50. The standard InChI is InChI=1S/C18H13BrN4O/c1-24-17-8-6-13(11-21-17)23-16-7-5-12(19)10-15(16)22-18(23)14-4-2-3-9-20-14/h2-11H,1H3. The van der Waals surface area contributed by atoms with E-state index in [-0.39, 0.29) is 0 Å². The molecule has 0 atom stereocenters. The molecule has 0 aliphatic carbocycles. The molecule has 24 heavy (non-hydrogen) atoms. The molecule has 0 saturated heterocycles. The van der Waals surface area contributed by atoms with Crippen LogP contribution in [-0.2, 0) is 0 Å². The lowest BCUT2D eigenvalue weighted by atomic mass is 10.3. The molecule has 0 fully saturated rings. The van der Waals surface area contributed by atoms with Gasteiger partial charge in [-0.3, -0.25) is 9.55 Å². The number of halogens is 1. The number of benzene rings is 1. The third kappa shape index (κ3) is 2.55. The van der Waals surface area contributed by atoms with Crippen molar-refractivity contribution in [2.24, 2.45) is 0 Å². The van der Waals surface area contributed by atoms with Crippen LogP contribution in [0.3, 0.4) is 0 Å². The van der Waals surface area contributed by atoms with Gasteiger partial charge in [0, 0.05) is 16.7 Å². The Morgan fingerprint density at radius 1 is 1.04 bits per heavy atom. The lowest BCUT2D eigenvalue weighted by Crippen LogP contribution is -1.99. The number of hydrogen-bond acceptors (Lipinski definition) is 4. The monoisotopic (exact) mass is 380 g/mol. The Morgan fingerprint density at radius 2 is 1.96 bits per heavy atom. The summed E-state index contributed by atoms with van der Waals surface area (Å²) in [5.74, 6) is 1.35. The van der Waals surface area contributed by atoms with Crippen molar-refractivity contribution in [1.82, 2.24) is 19.5 Å². The minimum absolute atomic E-state index is 0.574. The maximum atomic E-state index is 5.15. The quantitative estimate of drug-likeness (QED) is 0.532. The molecule has 3 heterocycles. The second-order valence-electron chi connectivity index (χ2n) is 5.18. The van der Waals surface area contributed by atoms with Crippen LogP contribution in [0.5, 0.6) is 5.88 Å². The number of ether oxygens (including phenoxy) is 1. The van der Waals surface area contributed by atoms with E-state index in [0.717, 1.165) is 32.7 Å². The predicted octanol–water partition coefficient (Wildman–Crippen LogP) is 4.25. The first-order chi connectivity index (χ1) is 11.8. The van der Waals surface area contributed by atoms with Gasteiger partial charge in [0.2, 0.25) is 5.88 Å². The zero-order chi connectivity index (χ0) is 16.5. The van der Waals surface area contributed by atoms with Gasteiger partial charge in [-0.15, -0.1) is 0 Å². The first-order valence-electron chi connectivity index (χ1n) is 7.36. The Hall–Kier alpha value is -2.73. The lowest BCUT2D eigenvalue weighted by Gasteiger charge is -2.09. The van der Waals surface area contributed by atoms with E-state index in [9.17, 15) is 0 Å². The highest BCUT2D eigenvalue weighted by Crippen LogP contribution is 2.29. The molecule has 0 unspecified atom stereocenters. The summed E-state index contributed by atoms with van der Waals surface area (Å²) in [6, 6.07) is 15.6. The molecule has 0 bridgehead atoms. The van der Waals surface area contributed by atoms with Gasteiger partial charge in [0.1, 0.15) is 5.69 Å². The maximum Gasteiger partial charge on any atom is 0.213 e. The molecular weight excluding hydrogens is 368 g/mol. The van der Waals surface area contributed by atoms with Crippen LogP contribution in [0.15, 0.2) is 65.4 Å². The average molecular weight is 381 g/mol. The Kier molecular flexibility index (Phi) is 3.74. The Bertz CT molecular complexity index is 997. The second kappa shape index (κ2) is 6.05. The second-order valence-corrected chi connectivity index (χ2v) is 6.09. The third-order valence-electron chi connectivity index (χ3n) is 3.70. The van der Waals surface area contributed by atoms with E-state index in [0.29, 0.717) is 5.88 Å². The third-order valence-corrected chi connectivity index (χ3v) is 4.19. The van der Waals surface area contributed by atoms with Crippen LogP contribution >= 0.6 is 15.9 Å². The van der Waals surface area contributed by atoms with E-state index in [2.05, 4.69) is 30.5 Å². The summed E-state index contributed by atoms with van der Waals surface area (Å²) in [7, 11) is 1.60. The number of rotatable bonds is 3. The molecule has 6 heteroatoms. The van der Waals surface area contributed by atoms with E-state index in [4.69, 9.17) is 9.72 Å². The number of imidazole rings is 1. The summed E-state index contributed by atoms with van der Waals surface area (Å²) in [6.45, 7) is 0. The Labute approximate surface area is 147 Å². The fourth-order valence-corrected chi connectivity index (χ4v) is 2.96. The molecule has 118 valence electrons. The first-order valence-corrected chi connectivity index (χ1v) is 8.15. The highest BCUT2D eigenvalue weighted by molar-refractivity contribution is 9.10. The van der Waals surface area contributed by atoms with Gasteiger partial charge >= 0.3 is 0 Å². The molecule has 0 spiro atoms. The van der Waals surface area contributed by atoms with Crippen LogP contribution in [0.1, 0.15) is 0 Å². The van der Waals surface area contributed by atoms with Crippen molar-refractivity contribution in [3.63, 3.8) is 0 Å². The van der Waals surface area contributed by atoms with Crippen LogP contribution in [0.2, 0.25) is 0 Å². The Morgan fingerprint density at radius 3 is 2.67 bits per heavy atom. The molecule has 0 amide bonds. The summed E-state index contributed by atoms with van der Waals surface area (Å²) in [4.78, 5) is 13.5. The molecule has 0 N–H and O–H groups in total. The molecule has 0 aliphatic rings. The molecular formula is C18H13BrN4O. The SMILES string of the molecule is COc1ccc(-n2c(-c3ccccn3)nc3cc(Br)ccc32)cn1. The average Bonchev–Trinajstić information content (AvgIpc) is 3.01. The van der Waals surface area contributed by atoms with Crippen molar-refractivity contribution in [3.05, 3.63) is 65.4 Å². The summed E-state index contributed by atoms with van der Waals surface area (Å²) in [5.41, 5.74) is 3.59. The van der Waals surface area contributed by atoms with Crippen molar-refractivity contribution in [3.8, 4) is 23.1 Å². The van der Waals surface area contributed by atoms with Gasteiger partial charge in [-0.2, -0.15) is 0 Å². The number of aromatic nitrogens is 4. The fourth-order valence-electron chi connectivity index (χ4n) is 2.61. The molecule has 0 radical (unpaired) electrons. The molecule has 4 rings (SSSR count). The molecule has 1 aromatic carbocycles. The zero-order valence-corrected chi connectivity index (χ0v) is 14.4. The first kappa shape index (κ1) is 14.8. The summed E-state index contributed by atoms with van der Waals surface area (Å²) in [5, 5.41) is 0. The fraction of sp³-hybridized carbons (Fsp3) is 0.0556. The van der Waals surface area contributed by atoms with Crippen molar-refractivity contribution in [1.29, 1.82) is 0 Å². The van der Waals surface area contributed by atoms with Gasteiger partial charge in [-0.05, 0) is 36.4 Å². The molecule has 3 aromatic heterocycles. The predicted molar refractivity (Wildman–Crippen MR) is 96.3 cm³/mol. The van der Waals surface area contributed by atoms with Gasteiger partial charge in [-0.1, -0.05) is 22.0 Å². The largest absolute Gasteiger partial charge is 0.481 e. The number of pyridine rings is 2. The summed E-state index contributed by atoms with van der Waals surface area (Å²) < 4.78 is 8.19. The normalized spacial score (nSPS) is 10.9. The van der Waals surface area contributed by atoms with Gasteiger partial charge in [0.25, 0.3) is 0 Å². The van der Waals surface area contributed by atoms with Gasteiger partial charge in [0.05, 0.1) is 30.0 Å². The number of methoxy groups -OCH3 is 1. The van der Waals surface area contributed by atoms with Gasteiger partial charge < -0.3 is 4.74 Å². The van der Waals surface area contributed by atoms with Crippen molar-refractivity contribution >= 4 is 27.0 Å². The highest BCUT2D eigenvalue weighted by Gasteiger charge is 2.15. The molecule has 0 saturated carbocycles. The number of nitrogens with zero attached hydrogens (tertiary/aromatic N) is 4. The Balaban J connectivity index is 2.00. The molecule has 4 aromatic rings. The number of fused-ring (bicyclic) bond motifs is 1. The van der Waals surface area contributed by atoms with Crippen LogP contribution in [-0.4, -0.2) is 26.6 Å². The van der Waals surface area contributed by atoms with E-state index < -0.39 is 0 Å². The van der Waals surface area contributed by atoms with Crippen molar-refractivity contribution in [2.75, 3.05) is 7.11 Å². The minimum Gasteiger partial charge on any atom is -0.481 e. The van der Waals surface area contributed by atoms with Gasteiger partial charge in [-0.25, -0.2) is 9.97 Å². The smallest absolute Gasteiger partial charge is 0.213 e. The number of hydrogen-bond donors (Lipinski definition) is 0. The van der Waals surface area contributed by atoms with Gasteiger partial charge in [0.15, 0.2) is 5.82 Å². The lowest BCUT2D eigenvalue weighted by molar-refractivity contribution is 0.398. The van der Waals surface area contributed by atoms with Crippen LogP contribution < -0.4 is 4.74 Å². The minimum atomic E-state index is 0.574. The van der Waals surface area contributed by atoms with E-state index in [1.54, 1.807) is 19.5 Å². The molecule has 5 nitrogen and oxygen atoms in total. The zero-order valence-electron chi connectivity index (χ0n) is 12.8. The van der Waals surface area contributed by atoms with Crippen molar-refractivity contribution in [2.45, 2.75) is 0 Å². The molecule has 0 aliphatic heterocycles. The van der Waals surface area contributed by atoms with Crippen LogP contribution in [0.4, 0.5) is 0 Å². The maximum absolute atomic E-state index is 5.15. The van der Waals surface area contributed by atoms with Crippen LogP contribution in [0, 0.1) is 0 Å². The summed E-state index contributed by atoms with van der Waals surface area (Å²) in [6.07, 6.45) is 3.54. The van der Waals surface area contributed by atoms with E-state index in [1.807, 2.05) is 48.5 Å². The van der Waals surface area contributed by atoms with E-state index >= 15 is 0 Å². The highest BCUT2D eigenvalue weighted by atomic mass is 79.9. The van der Waals surface area contributed by atoms with E-state index in [1.165, 1.54) is 0 Å². The van der Waals surface area contributed by atoms with Crippen molar-refractivity contribution < 1.29 is 4.74 Å². The van der Waals surface area contributed by atoms with Crippen LogP contribution in [0.25, 0.3) is 28.2 Å².